The van der Waals surface area contributed by atoms with Gasteiger partial charge in [0.05, 0.1) is 18.3 Å². The molecule has 0 amide bonds. The van der Waals surface area contributed by atoms with E-state index in [1.54, 1.807) is 17.2 Å². The number of piperidine rings is 1. The highest BCUT2D eigenvalue weighted by molar-refractivity contribution is 5.89. The molecule has 108 valence electrons. The molecule has 0 bridgehead atoms. The van der Waals surface area contributed by atoms with Gasteiger partial charge in [-0.1, -0.05) is 30.4 Å². The zero-order chi connectivity index (χ0) is 14.4. The van der Waals surface area contributed by atoms with E-state index in [0.717, 1.165) is 18.4 Å². The largest absolute Gasteiger partial charge is 0.374 e. The predicted octanol–water partition coefficient (Wildman–Crippen LogP) is 2.82. The number of ether oxygens (including phenoxy) is 1. The fourth-order valence-electron chi connectivity index (χ4n) is 2.09. The molecule has 1 saturated heterocycles. The van der Waals surface area contributed by atoms with E-state index in [2.05, 4.69) is 6.58 Å². The number of hydrogen-bond acceptors (Lipinski definition) is 4. The minimum Gasteiger partial charge on any atom is -0.374 e. The SMILES string of the molecule is C=C(C)COC1CCN(OC(=O)c2ccccc2)CC1. The van der Waals surface area contributed by atoms with Crippen molar-refractivity contribution in [1.82, 2.24) is 5.06 Å². The minimum atomic E-state index is -0.299. The molecule has 1 aliphatic heterocycles. The van der Waals surface area contributed by atoms with Gasteiger partial charge in [-0.05, 0) is 31.9 Å². The number of carbonyl (C=O) groups is 1. The molecule has 1 aliphatic rings. The van der Waals surface area contributed by atoms with Gasteiger partial charge in [0.25, 0.3) is 0 Å². The number of hydrogen-bond donors (Lipinski definition) is 0. The number of nitrogens with zero attached hydrogens (tertiary/aromatic N) is 1. The van der Waals surface area contributed by atoms with Crippen molar-refractivity contribution >= 4 is 5.97 Å². The smallest absolute Gasteiger partial charge is 0.357 e. The van der Waals surface area contributed by atoms with Crippen LogP contribution in [0.5, 0.6) is 0 Å². The van der Waals surface area contributed by atoms with Gasteiger partial charge in [0.15, 0.2) is 0 Å². The average molecular weight is 275 g/mol. The summed E-state index contributed by atoms with van der Waals surface area (Å²) in [5, 5.41) is 1.72. The Balaban J connectivity index is 1.74. The van der Waals surface area contributed by atoms with Crippen LogP contribution in [0.3, 0.4) is 0 Å². The van der Waals surface area contributed by atoms with E-state index in [1.165, 1.54) is 0 Å². The van der Waals surface area contributed by atoms with Crippen LogP contribution in [0.25, 0.3) is 0 Å². The maximum atomic E-state index is 11.9. The Morgan fingerprint density at radius 2 is 1.95 bits per heavy atom. The number of benzene rings is 1. The van der Waals surface area contributed by atoms with Crippen molar-refractivity contribution in [2.75, 3.05) is 19.7 Å². The van der Waals surface area contributed by atoms with E-state index in [4.69, 9.17) is 9.57 Å². The molecule has 1 fully saturated rings. The van der Waals surface area contributed by atoms with Gasteiger partial charge in [0, 0.05) is 13.1 Å². The molecule has 0 aliphatic carbocycles. The van der Waals surface area contributed by atoms with Gasteiger partial charge in [-0.3, -0.25) is 0 Å². The highest BCUT2D eigenvalue weighted by atomic mass is 16.7. The van der Waals surface area contributed by atoms with E-state index >= 15 is 0 Å². The monoisotopic (exact) mass is 275 g/mol. The van der Waals surface area contributed by atoms with Gasteiger partial charge >= 0.3 is 5.97 Å². The molecule has 20 heavy (non-hydrogen) atoms. The lowest BCUT2D eigenvalue weighted by atomic mass is 10.1. The second kappa shape index (κ2) is 7.22. The summed E-state index contributed by atoms with van der Waals surface area (Å²) in [5.74, 6) is -0.299. The molecule has 2 rings (SSSR count). The zero-order valence-electron chi connectivity index (χ0n) is 11.9. The maximum Gasteiger partial charge on any atom is 0.357 e. The van der Waals surface area contributed by atoms with Crippen molar-refractivity contribution in [3.63, 3.8) is 0 Å². The third-order valence-electron chi connectivity index (χ3n) is 3.19. The first kappa shape index (κ1) is 14.8. The van der Waals surface area contributed by atoms with Gasteiger partial charge in [-0.2, -0.15) is 0 Å². The molecule has 0 unspecified atom stereocenters. The summed E-state index contributed by atoms with van der Waals surface area (Å²) in [4.78, 5) is 17.3. The molecule has 0 spiro atoms. The molecular weight excluding hydrogens is 254 g/mol. The topological polar surface area (TPSA) is 38.8 Å². The summed E-state index contributed by atoms with van der Waals surface area (Å²) in [7, 11) is 0. The molecule has 0 N–H and O–H groups in total. The Morgan fingerprint density at radius 1 is 1.30 bits per heavy atom. The lowest BCUT2D eigenvalue weighted by molar-refractivity contribution is -0.138. The fraction of sp³-hybridized carbons (Fsp3) is 0.438. The first-order valence-electron chi connectivity index (χ1n) is 6.93. The van der Waals surface area contributed by atoms with Crippen molar-refractivity contribution < 1.29 is 14.4 Å². The Kier molecular flexibility index (Phi) is 5.32. The highest BCUT2D eigenvalue weighted by Gasteiger charge is 2.22. The van der Waals surface area contributed by atoms with Crippen LogP contribution in [-0.4, -0.2) is 36.8 Å². The Bertz CT molecular complexity index is 450. The summed E-state index contributed by atoms with van der Waals surface area (Å²) in [5.41, 5.74) is 1.61. The molecule has 1 heterocycles. The minimum absolute atomic E-state index is 0.235. The van der Waals surface area contributed by atoms with Crippen LogP contribution in [0.4, 0.5) is 0 Å². The molecule has 0 saturated carbocycles. The van der Waals surface area contributed by atoms with Crippen LogP contribution in [-0.2, 0) is 9.57 Å². The zero-order valence-corrected chi connectivity index (χ0v) is 11.9. The average Bonchev–Trinajstić information content (AvgIpc) is 2.47. The van der Waals surface area contributed by atoms with E-state index in [0.29, 0.717) is 25.3 Å². The van der Waals surface area contributed by atoms with Gasteiger partial charge in [0.1, 0.15) is 0 Å². The third kappa shape index (κ3) is 4.47. The molecule has 0 atom stereocenters. The van der Waals surface area contributed by atoms with Crippen molar-refractivity contribution in [1.29, 1.82) is 0 Å². The van der Waals surface area contributed by atoms with E-state index < -0.39 is 0 Å². The second-order valence-corrected chi connectivity index (χ2v) is 5.14. The third-order valence-corrected chi connectivity index (χ3v) is 3.19. The van der Waals surface area contributed by atoms with Crippen LogP contribution in [0.15, 0.2) is 42.5 Å². The van der Waals surface area contributed by atoms with Crippen molar-refractivity contribution in [3.05, 3.63) is 48.0 Å². The van der Waals surface area contributed by atoms with Crippen molar-refractivity contribution in [3.8, 4) is 0 Å². The molecule has 0 radical (unpaired) electrons. The lowest BCUT2D eigenvalue weighted by Gasteiger charge is -2.30. The summed E-state index contributed by atoms with van der Waals surface area (Å²) < 4.78 is 5.72. The van der Waals surface area contributed by atoms with Gasteiger partial charge in [0.2, 0.25) is 0 Å². The number of rotatable bonds is 5. The number of hydroxylamine groups is 2. The fourth-order valence-corrected chi connectivity index (χ4v) is 2.09. The molecule has 0 aromatic heterocycles. The van der Waals surface area contributed by atoms with Crippen molar-refractivity contribution in [2.24, 2.45) is 0 Å². The molecule has 4 heteroatoms. The lowest BCUT2D eigenvalue weighted by Crippen LogP contribution is -2.38. The van der Waals surface area contributed by atoms with Crippen LogP contribution in [0, 0.1) is 0 Å². The Hall–Kier alpha value is -1.65. The molecule has 1 aromatic rings. The van der Waals surface area contributed by atoms with E-state index in [9.17, 15) is 4.79 Å². The maximum absolute atomic E-state index is 11.9. The summed E-state index contributed by atoms with van der Waals surface area (Å²) >= 11 is 0. The molecule has 4 nitrogen and oxygen atoms in total. The van der Waals surface area contributed by atoms with Gasteiger partial charge in [-0.25, -0.2) is 4.79 Å². The standard InChI is InChI=1S/C16H21NO3/c1-13(2)12-19-15-8-10-17(11-9-15)20-16(18)14-6-4-3-5-7-14/h3-7,15H,1,8-12H2,2H3. The summed E-state index contributed by atoms with van der Waals surface area (Å²) in [6.07, 6.45) is 1.98. The van der Waals surface area contributed by atoms with Crippen LogP contribution >= 0.6 is 0 Å². The van der Waals surface area contributed by atoms with Crippen LogP contribution < -0.4 is 0 Å². The highest BCUT2D eigenvalue weighted by Crippen LogP contribution is 2.15. The molecular formula is C16H21NO3. The van der Waals surface area contributed by atoms with Crippen molar-refractivity contribution in [2.45, 2.75) is 25.9 Å². The normalized spacial score (nSPS) is 16.9. The second-order valence-electron chi connectivity index (χ2n) is 5.14. The van der Waals surface area contributed by atoms with Crippen LogP contribution in [0.1, 0.15) is 30.1 Å². The summed E-state index contributed by atoms with van der Waals surface area (Å²) in [6.45, 7) is 7.80. The van der Waals surface area contributed by atoms with E-state index in [-0.39, 0.29) is 12.1 Å². The van der Waals surface area contributed by atoms with Gasteiger partial charge in [-0.15, -0.1) is 5.06 Å². The first-order chi connectivity index (χ1) is 9.65. The quantitative estimate of drug-likeness (QED) is 0.775. The van der Waals surface area contributed by atoms with E-state index in [1.807, 2.05) is 25.1 Å². The van der Waals surface area contributed by atoms with Gasteiger partial charge < -0.3 is 9.57 Å². The van der Waals surface area contributed by atoms with Crippen LogP contribution in [0.2, 0.25) is 0 Å². The number of carbonyl (C=O) groups excluding carboxylic acids is 1. The Labute approximate surface area is 119 Å². The Morgan fingerprint density at radius 3 is 2.55 bits per heavy atom. The predicted molar refractivity (Wildman–Crippen MR) is 77.2 cm³/mol. The molecule has 1 aromatic carbocycles. The summed E-state index contributed by atoms with van der Waals surface area (Å²) in [6, 6.07) is 9.04. The first-order valence-corrected chi connectivity index (χ1v) is 6.93.